The maximum absolute atomic E-state index is 12.4. The second kappa shape index (κ2) is 8.43. The van der Waals surface area contributed by atoms with E-state index in [0.717, 1.165) is 10.0 Å². The largest absolute Gasteiger partial charge is 0.480 e. The van der Waals surface area contributed by atoms with Gasteiger partial charge in [0, 0.05) is 29.1 Å². The van der Waals surface area contributed by atoms with Gasteiger partial charge >= 0.3 is 5.97 Å². The summed E-state index contributed by atoms with van der Waals surface area (Å²) in [6.07, 6.45) is 0.159. The van der Waals surface area contributed by atoms with Crippen LogP contribution >= 0.6 is 15.9 Å². The van der Waals surface area contributed by atoms with Crippen molar-refractivity contribution in [1.29, 1.82) is 0 Å². The number of anilines is 1. The second-order valence-corrected chi connectivity index (χ2v) is 6.38. The van der Waals surface area contributed by atoms with Crippen LogP contribution in [-0.4, -0.2) is 28.9 Å². The quantitative estimate of drug-likeness (QED) is 0.689. The van der Waals surface area contributed by atoms with Crippen molar-refractivity contribution in [3.8, 4) is 0 Å². The number of halogens is 1. The maximum atomic E-state index is 12.4. The highest BCUT2D eigenvalue weighted by atomic mass is 79.9. The van der Waals surface area contributed by atoms with Gasteiger partial charge in [-0.2, -0.15) is 0 Å². The van der Waals surface area contributed by atoms with Gasteiger partial charge in [-0.15, -0.1) is 0 Å². The third-order valence-electron chi connectivity index (χ3n) is 3.38. The molecule has 25 heavy (non-hydrogen) atoms. The molecule has 0 spiro atoms. The van der Waals surface area contributed by atoms with Crippen LogP contribution in [0.2, 0.25) is 0 Å². The highest BCUT2D eigenvalue weighted by molar-refractivity contribution is 9.10. The van der Waals surface area contributed by atoms with Crippen LogP contribution < -0.4 is 10.6 Å². The van der Waals surface area contributed by atoms with E-state index in [2.05, 4.69) is 26.6 Å². The molecular formula is C18H17BrN2O4. The summed E-state index contributed by atoms with van der Waals surface area (Å²) < 4.78 is 0.837. The molecule has 2 aromatic rings. The van der Waals surface area contributed by atoms with E-state index in [4.69, 9.17) is 0 Å². The van der Waals surface area contributed by atoms with E-state index in [1.165, 1.54) is 13.0 Å². The number of carboxylic acid groups (broad SMARTS) is 1. The Balaban J connectivity index is 2.12. The van der Waals surface area contributed by atoms with Crippen molar-refractivity contribution in [1.82, 2.24) is 5.32 Å². The summed E-state index contributed by atoms with van der Waals surface area (Å²) in [6, 6.07) is 12.5. The Morgan fingerprint density at radius 3 is 2.48 bits per heavy atom. The Morgan fingerprint density at radius 2 is 1.84 bits per heavy atom. The third kappa shape index (κ3) is 5.72. The SMILES string of the molecule is CC(=O)Nc1cccc(C(=O)N[C@@H](Cc2cccc(Br)c2)C(=O)O)c1. The number of carboxylic acids is 1. The standard InChI is InChI=1S/C18H17BrN2O4/c1-11(22)20-15-7-3-5-13(10-15)17(23)21-16(18(24)25)9-12-4-2-6-14(19)8-12/h2-8,10,16H,9H2,1H3,(H,20,22)(H,21,23)(H,24,25)/t16-/m0/s1. The Bertz CT molecular complexity index is 807. The Hall–Kier alpha value is -2.67. The van der Waals surface area contributed by atoms with Gasteiger partial charge in [-0.3, -0.25) is 9.59 Å². The second-order valence-electron chi connectivity index (χ2n) is 5.46. The summed E-state index contributed by atoms with van der Waals surface area (Å²) >= 11 is 3.33. The normalized spacial score (nSPS) is 11.4. The van der Waals surface area contributed by atoms with E-state index in [-0.39, 0.29) is 17.9 Å². The van der Waals surface area contributed by atoms with Crippen LogP contribution in [0.15, 0.2) is 53.0 Å². The van der Waals surface area contributed by atoms with Gasteiger partial charge in [0.05, 0.1) is 0 Å². The molecule has 0 heterocycles. The molecular weight excluding hydrogens is 388 g/mol. The van der Waals surface area contributed by atoms with Crippen molar-refractivity contribution in [2.75, 3.05) is 5.32 Å². The molecule has 2 rings (SSSR count). The first-order chi connectivity index (χ1) is 11.8. The van der Waals surface area contributed by atoms with Crippen molar-refractivity contribution in [3.05, 3.63) is 64.1 Å². The number of rotatable bonds is 6. The number of carbonyl (C=O) groups excluding carboxylic acids is 2. The van der Waals surface area contributed by atoms with Crippen LogP contribution in [0.3, 0.4) is 0 Å². The maximum Gasteiger partial charge on any atom is 0.326 e. The number of aliphatic carboxylic acids is 1. The van der Waals surface area contributed by atoms with Gasteiger partial charge in [-0.05, 0) is 35.9 Å². The minimum atomic E-state index is -1.12. The van der Waals surface area contributed by atoms with E-state index in [9.17, 15) is 19.5 Å². The van der Waals surface area contributed by atoms with Crippen LogP contribution in [0.25, 0.3) is 0 Å². The zero-order chi connectivity index (χ0) is 18.4. The average Bonchev–Trinajstić information content (AvgIpc) is 2.53. The van der Waals surface area contributed by atoms with Crippen molar-refractivity contribution < 1.29 is 19.5 Å². The lowest BCUT2D eigenvalue weighted by Gasteiger charge is -2.15. The summed E-state index contributed by atoms with van der Waals surface area (Å²) in [7, 11) is 0. The molecule has 0 saturated carbocycles. The summed E-state index contributed by atoms with van der Waals surface area (Å²) in [5, 5.41) is 14.5. The summed E-state index contributed by atoms with van der Waals surface area (Å²) in [5.74, 6) is -1.89. The molecule has 0 unspecified atom stereocenters. The number of carbonyl (C=O) groups is 3. The molecule has 3 N–H and O–H groups in total. The topological polar surface area (TPSA) is 95.5 Å². The first kappa shape index (κ1) is 18.7. The lowest BCUT2D eigenvalue weighted by atomic mass is 10.1. The van der Waals surface area contributed by atoms with Crippen molar-refractivity contribution >= 4 is 39.4 Å². The monoisotopic (exact) mass is 404 g/mol. The minimum absolute atomic E-state index is 0.159. The first-order valence-corrected chi connectivity index (χ1v) is 8.30. The molecule has 130 valence electrons. The summed E-state index contributed by atoms with van der Waals surface area (Å²) in [4.78, 5) is 34.9. The van der Waals surface area contributed by atoms with Gasteiger partial charge in [0.1, 0.15) is 6.04 Å². The lowest BCUT2D eigenvalue weighted by molar-refractivity contribution is -0.139. The molecule has 1 atom stereocenters. The van der Waals surface area contributed by atoms with E-state index >= 15 is 0 Å². The fraction of sp³-hybridized carbons (Fsp3) is 0.167. The molecule has 0 aliphatic carbocycles. The summed E-state index contributed by atoms with van der Waals surface area (Å²) in [6.45, 7) is 1.37. The number of hydrogen-bond acceptors (Lipinski definition) is 3. The van der Waals surface area contributed by atoms with E-state index in [1.807, 2.05) is 6.07 Å². The number of hydrogen-bond donors (Lipinski definition) is 3. The molecule has 2 amide bonds. The summed E-state index contributed by atoms with van der Waals surface area (Å²) in [5.41, 5.74) is 1.53. The Morgan fingerprint density at radius 1 is 1.12 bits per heavy atom. The van der Waals surface area contributed by atoms with Gasteiger partial charge in [0.15, 0.2) is 0 Å². The number of nitrogens with one attached hydrogen (secondary N) is 2. The van der Waals surface area contributed by atoms with Crippen LogP contribution in [-0.2, 0) is 16.0 Å². The molecule has 0 radical (unpaired) electrons. The van der Waals surface area contributed by atoms with Gasteiger partial charge < -0.3 is 15.7 Å². The van der Waals surface area contributed by atoms with Gasteiger partial charge in [0.25, 0.3) is 5.91 Å². The van der Waals surface area contributed by atoms with Crippen LogP contribution in [0.1, 0.15) is 22.8 Å². The predicted octanol–water partition coefficient (Wildman–Crippen LogP) is 2.83. The molecule has 0 fully saturated rings. The lowest BCUT2D eigenvalue weighted by Crippen LogP contribution is -2.42. The van der Waals surface area contributed by atoms with Crippen molar-refractivity contribution in [2.45, 2.75) is 19.4 Å². The van der Waals surface area contributed by atoms with Gasteiger partial charge in [-0.25, -0.2) is 4.79 Å². The van der Waals surface area contributed by atoms with E-state index in [0.29, 0.717) is 5.69 Å². The van der Waals surface area contributed by atoms with E-state index < -0.39 is 17.9 Å². The highest BCUT2D eigenvalue weighted by Crippen LogP contribution is 2.14. The highest BCUT2D eigenvalue weighted by Gasteiger charge is 2.21. The van der Waals surface area contributed by atoms with Crippen LogP contribution in [0, 0.1) is 0 Å². The fourth-order valence-electron chi connectivity index (χ4n) is 2.28. The number of amides is 2. The molecule has 0 saturated heterocycles. The molecule has 0 aliphatic heterocycles. The van der Waals surface area contributed by atoms with Crippen molar-refractivity contribution in [2.24, 2.45) is 0 Å². The van der Waals surface area contributed by atoms with Crippen LogP contribution in [0.5, 0.6) is 0 Å². The van der Waals surface area contributed by atoms with Gasteiger partial charge in [-0.1, -0.05) is 34.1 Å². The average molecular weight is 405 g/mol. The zero-order valence-corrected chi connectivity index (χ0v) is 15.0. The third-order valence-corrected chi connectivity index (χ3v) is 3.87. The smallest absolute Gasteiger partial charge is 0.326 e. The molecule has 0 bridgehead atoms. The predicted molar refractivity (Wildman–Crippen MR) is 97.5 cm³/mol. The fourth-order valence-corrected chi connectivity index (χ4v) is 2.73. The molecule has 2 aromatic carbocycles. The van der Waals surface area contributed by atoms with E-state index in [1.54, 1.807) is 36.4 Å². The molecule has 0 aliphatic rings. The number of benzene rings is 2. The molecule has 6 nitrogen and oxygen atoms in total. The molecule has 7 heteroatoms. The van der Waals surface area contributed by atoms with Crippen molar-refractivity contribution in [3.63, 3.8) is 0 Å². The molecule has 0 aromatic heterocycles. The Labute approximate surface area is 153 Å². The minimum Gasteiger partial charge on any atom is -0.480 e. The Kier molecular flexibility index (Phi) is 6.30. The van der Waals surface area contributed by atoms with Gasteiger partial charge in [0.2, 0.25) is 5.91 Å². The van der Waals surface area contributed by atoms with Crippen LogP contribution in [0.4, 0.5) is 5.69 Å². The first-order valence-electron chi connectivity index (χ1n) is 7.51. The zero-order valence-electron chi connectivity index (χ0n) is 13.5.